The van der Waals surface area contributed by atoms with Crippen LogP contribution in [0.2, 0.25) is 5.02 Å². The van der Waals surface area contributed by atoms with Crippen LogP contribution in [-0.4, -0.2) is 25.2 Å². The summed E-state index contributed by atoms with van der Waals surface area (Å²) in [6.07, 6.45) is 1.41. The molecule has 1 amide bonds. The van der Waals surface area contributed by atoms with E-state index in [4.69, 9.17) is 21.1 Å². The van der Waals surface area contributed by atoms with Crippen LogP contribution in [0.5, 0.6) is 11.5 Å². The van der Waals surface area contributed by atoms with E-state index in [2.05, 4.69) is 10.5 Å². The van der Waals surface area contributed by atoms with Gasteiger partial charge in [0.1, 0.15) is 11.5 Å². The molecule has 0 fully saturated rings. The third-order valence-electron chi connectivity index (χ3n) is 3.90. The molecule has 0 radical (unpaired) electrons. The predicted octanol–water partition coefficient (Wildman–Crippen LogP) is 4.33. The highest BCUT2D eigenvalue weighted by Gasteiger charge is 2.11. The molecule has 0 atom stereocenters. The SMILES string of the molecule is COc1cccc(C(=O)NN=Cc2ccccc2OC(=O)c2ccc(Cl)cc2)c1. The van der Waals surface area contributed by atoms with Crippen LogP contribution in [0.3, 0.4) is 0 Å². The van der Waals surface area contributed by atoms with Crippen LogP contribution >= 0.6 is 11.6 Å². The lowest BCUT2D eigenvalue weighted by atomic mass is 10.2. The van der Waals surface area contributed by atoms with E-state index < -0.39 is 11.9 Å². The van der Waals surface area contributed by atoms with Crippen molar-refractivity contribution in [1.82, 2.24) is 5.43 Å². The molecule has 0 heterocycles. The molecule has 7 heteroatoms. The molecule has 0 spiro atoms. The molecular weight excluding hydrogens is 392 g/mol. The lowest BCUT2D eigenvalue weighted by molar-refractivity contribution is 0.0734. The summed E-state index contributed by atoms with van der Waals surface area (Å²) in [4.78, 5) is 24.5. The van der Waals surface area contributed by atoms with Crippen LogP contribution in [-0.2, 0) is 0 Å². The van der Waals surface area contributed by atoms with Gasteiger partial charge < -0.3 is 9.47 Å². The molecule has 3 rings (SSSR count). The number of methoxy groups -OCH3 is 1. The fourth-order valence-electron chi connectivity index (χ4n) is 2.41. The number of amides is 1. The van der Waals surface area contributed by atoms with Crippen LogP contribution in [0.1, 0.15) is 26.3 Å². The Labute approximate surface area is 172 Å². The zero-order chi connectivity index (χ0) is 20.6. The fraction of sp³-hybridized carbons (Fsp3) is 0.0455. The monoisotopic (exact) mass is 408 g/mol. The van der Waals surface area contributed by atoms with Crippen molar-refractivity contribution >= 4 is 29.7 Å². The summed E-state index contributed by atoms with van der Waals surface area (Å²) in [5.74, 6) is -0.0355. The number of hydrogen-bond acceptors (Lipinski definition) is 5. The molecule has 1 N–H and O–H groups in total. The Kier molecular flexibility index (Phi) is 6.60. The topological polar surface area (TPSA) is 77.0 Å². The second-order valence-corrected chi connectivity index (χ2v) is 6.30. The van der Waals surface area contributed by atoms with Crippen molar-refractivity contribution in [3.63, 3.8) is 0 Å². The van der Waals surface area contributed by atoms with Gasteiger partial charge in [0.05, 0.1) is 18.9 Å². The zero-order valence-electron chi connectivity index (χ0n) is 15.5. The largest absolute Gasteiger partial charge is 0.497 e. The smallest absolute Gasteiger partial charge is 0.343 e. The molecular formula is C22H17ClN2O4. The summed E-state index contributed by atoms with van der Waals surface area (Å²) in [5.41, 5.74) is 3.74. The maximum Gasteiger partial charge on any atom is 0.343 e. The van der Waals surface area contributed by atoms with Gasteiger partial charge in [-0.1, -0.05) is 29.8 Å². The number of carbonyl (C=O) groups excluding carboxylic acids is 2. The van der Waals surface area contributed by atoms with Crippen LogP contribution in [0, 0.1) is 0 Å². The summed E-state index contributed by atoms with van der Waals surface area (Å²) in [5, 5.41) is 4.48. The number of nitrogens with one attached hydrogen (secondary N) is 1. The first-order valence-corrected chi connectivity index (χ1v) is 8.99. The zero-order valence-corrected chi connectivity index (χ0v) is 16.2. The van der Waals surface area contributed by atoms with Gasteiger partial charge in [0.15, 0.2) is 0 Å². The van der Waals surface area contributed by atoms with Gasteiger partial charge in [-0.3, -0.25) is 4.79 Å². The van der Waals surface area contributed by atoms with Gasteiger partial charge in [-0.15, -0.1) is 0 Å². The first kappa shape index (κ1) is 20.1. The molecule has 3 aromatic rings. The second-order valence-electron chi connectivity index (χ2n) is 5.87. The first-order chi connectivity index (χ1) is 14.1. The third-order valence-corrected chi connectivity index (χ3v) is 4.16. The average Bonchev–Trinajstić information content (AvgIpc) is 2.75. The fourth-order valence-corrected chi connectivity index (χ4v) is 2.54. The van der Waals surface area contributed by atoms with E-state index in [1.54, 1.807) is 72.8 Å². The van der Waals surface area contributed by atoms with Crippen molar-refractivity contribution < 1.29 is 19.1 Å². The molecule has 0 aromatic heterocycles. The number of nitrogens with zero attached hydrogens (tertiary/aromatic N) is 1. The van der Waals surface area contributed by atoms with Gasteiger partial charge in [-0.25, -0.2) is 10.2 Å². The summed E-state index contributed by atoms with van der Waals surface area (Å²) in [6.45, 7) is 0. The van der Waals surface area contributed by atoms with Gasteiger partial charge in [0.2, 0.25) is 0 Å². The Bertz CT molecular complexity index is 1050. The lowest BCUT2D eigenvalue weighted by Crippen LogP contribution is -2.17. The van der Waals surface area contributed by atoms with Crippen molar-refractivity contribution in [3.05, 3.63) is 94.5 Å². The van der Waals surface area contributed by atoms with Gasteiger partial charge in [0.25, 0.3) is 5.91 Å². The summed E-state index contributed by atoms with van der Waals surface area (Å²) >= 11 is 5.83. The van der Waals surface area contributed by atoms with Gasteiger partial charge in [-0.2, -0.15) is 5.10 Å². The number of carbonyl (C=O) groups is 2. The van der Waals surface area contributed by atoms with Crippen LogP contribution in [0.15, 0.2) is 77.9 Å². The molecule has 0 aliphatic heterocycles. The average molecular weight is 409 g/mol. The van der Waals surface area contributed by atoms with E-state index in [1.165, 1.54) is 13.3 Å². The Morgan fingerprint density at radius 3 is 2.48 bits per heavy atom. The highest BCUT2D eigenvalue weighted by molar-refractivity contribution is 6.30. The Morgan fingerprint density at radius 2 is 1.72 bits per heavy atom. The molecule has 0 aliphatic rings. The van der Waals surface area contributed by atoms with E-state index in [-0.39, 0.29) is 0 Å². The molecule has 29 heavy (non-hydrogen) atoms. The van der Waals surface area contributed by atoms with Crippen molar-refractivity contribution in [2.45, 2.75) is 0 Å². The van der Waals surface area contributed by atoms with E-state index >= 15 is 0 Å². The summed E-state index contributed by atoms with van der Waals surface area (Å²) in [6, 6.07) is 19.9. The van der Waals surface area contributed by atoms with E-state index in [9.17, 15) is 9.59 Å². The minimum atomic E-state index is -0.525. The van der Waals surface area contributed by atoms with Crippen molar-refractivity contribution in [3.8, 4) is 11.5 Å². The quantitative estimate of drug-likeness (QED) is 0.285. The number of esters is 1. The molecule has 0 saturated heterocycles. The van der Waals surface area contributed by atoms with Crippen LogP contribution in [0.25, 0.3) is 0 Å². The summed E-state index contributed by atoms with van der Waals surface area (Å²) < 4.78 is 10.5. The number of rotatable bonds is 6. The van der Waals surface area contributed by atoms with Crippen LogP contribution in [0.4, 0.5) is 0 Å². The summed E-state index contributed by atoms with van der Waals surface area (Å²) in [7, 11) is 1.53. The Morgan fingerprint density at radius 1 is 0.966 bits per heavy atom. The Hall–Kier alpha value is -3.64. The molecule has 0 saturated carbocycles. The van der Waals surface area contributed by atoms with Crippen molar-refractivity contribution in [2.75, 3.05) is 7.11 Å². The molecule has 0 bridgehead atoms. The molecule has 3 aromatic carbocycles. The van der Waals surface area contributed by atoms with E-state index in [1.807, 2.05) is 0 Å². The molecule has 146 valence electrons. The van der Waals surface area contributed by atoms with E-state index in [0.29, 0.717) is 33.2 Å². The highest BCUT2D eigenvalue weighted by atomic mass is 35.5. The number of para-hydroxylation sites is 1. The number of ether oxygens (including phenoxy) is 2. The van der Waals surface area contributed by atoms with Gasteiger partial charge in [0, 0.05) is 16.1 Å². The van der Waals surface area contributed by atoms with Crippen molar-refractivity contribution in [2.24, 2.45) is 5.10 Å². The number of benzene rings is 3. The number of halogens is 1. The molecule has 0 aliphatic carbocycles. The maximum atomic E-state index is 12.3. The second kappa shape index (κ2) is 9.52. The normalized spacial score (nSPS) is 10.6. The molecule has 0 unspecified atom stereocenters. The maximum absolute atomic E-state index is 12.3. The van der Waals surface area contributed by atoms with E-state index in [0.717, 1.165) is 0 Å². The molecule has 6 nitrogen and oxygen atoms in total. The van der Waals surface area contributed by atoms with Gasteiger partial charge in [-0.05, 0) is 54.6 Å². The van der Waals surface area contributed by atoms with Crippen LogP contribution < -0.4 is 14.9 Å². The Balaban J connectivity index is 1.69. The number of hydrogen-bond donors (Lipinski definition) is 1. The number of hydrazone groups is 1. The standard InChI is InChI=1S/C22H17ClN2O4/c1-28-19-7-4-6-16(13-19)21(26)25-24-14-17-5-2-3-8-20(17)29-22(27)15-9-11-18(23)12-10-15/h2-14H,1H3,(H,25,26). The predicted molar refractivity (Wildman–Crippen MR) is 111 cm³/mol. The van der Waals surface area contributed by atoms with Crippen molar-refractivity contribution in [1.29, 1.82) is 0 Å². The highest BCUT2D eigenvalue weighted by Crippen LogP contribution is 2.19. The minimum absolute atomic E-state index is 0.312. The lowest BCUT2D eigenvalue weighted by Gasteiger charge is -2.07. The van der Waals surface area contributed by atoms with Gasteiger partial charge >= 0.3 is 5.97 Å². The third kappa shape index (κ3) is 5.43. The minimum Gasteiger partial charge on any atom is -0.497 e. The first-order valence-electron chi connectivity index (χ1n) is 8.61.